The molecule has 1 heterocycles. The molecule has 0 spiro atoms. The lowest BCUT2D eigenvalue weighted by Crippen LogP contribution is -2.27. The van der Waals surface area contributed by atoms with E-state index in [9.17, 15) is 17.2 Å². The number of halogens is 2. The molecule has 1 atom stereocenters. The largest absolute Gasteiger partial charge is 0.396 e. The van der Waals surface area contributed by atoms with Crippen molar-refractivity contribution in [2.75, 3.05) is 18.1 Å². The molecule has 1 aliphatic rings. The van der Waals surface area contributed by atoms with Crippen molar-refractivity contribution >= 4 is 9.84 Å². The summed E-state index contributed by atoms with van der Waals surface area (Å²) in [6, 6.07) is 0. The zero-order chi connectivity index (χ0) is 9.41. The van der Waals surface area contributed by atoms with E-state index >= 15 is 0 Å². The second-order valence-electron chi connectivity index (χ2n) is 3.02. The van der Waals surface area contributed by atoms with Gasteiger partial charge in [0.25, 0.3) is 5.92 Å². The van der Waals surface area contributed by atoms with Crippen LogP contribution in [0.4, 0.5) is 8.78 Å². The van der Waals surface area contributed by atoms with Crippen LogP contribution in [-0.2, 0) is 9.84 Å². The lowest BCUT2D eigenvalue weighted by atomic mass is 10.0. The van der Waals surface area contributed by atoms with Crippen LogP contribution in [0.1, 0.15) is 6.42 Å². The van der Waals surface area contributed by atoms with Crippen molar-refractivity contribution in [3.05, 3.63) is 0 Å². The fourth-order valence-electron chi connectivity index (χ4n) is 1.35. The summed E-state index contributed by atoms with van der Waals surface area (Å²) in [4.78, 5) is 0. The molecule has 1 saturated heterocycles. The van der Waals surface area contributed by atoms with Crippen LogP contribution in [0.25, 0.3) is 0 Å². The molecule has 0 aliphatic carbocycles. The van der Waals surface area contributed by atoms with E-state index in [4.69, 9.17) is 5.11 Å². The predicted molar refractivity (Wildman–Crippen MR) is 38.8 cm³/mol. The minimum atomic E-state index is -3.59. The van der Waals surface area contributed by atoms with Gasteiger partial charge in [0.1, 0.15) is 5.75 Å². The molecule has 1 unspecified atom stereocenters. The van der Waals surface area contributed by atoms with Gasteiger partial charge in [-0.05, 0) is 6.42 Å². The lowest BCUT2D eigenvalue weighted by Gasteiger charge is -2.14. The Morgan fingerprint density at radius 2 is 2.08 bits per heavy atom. The van der Waals surface area contributed by atoms with E-state index in [2.05, 4.69) is 0 Å². The maximum atomic E-state index is 12.8. The van der Waals surface area contributed by atoms with Crippen LogP contribution in [0.3, 0.4) is 0 Å². The molecular formula is C6H10F2O3S. The summed E-state index contributed by atoms with van der Waals surface area (Å²) in [6.07, 6.45) is -0.147. The highest BCUT2D eigenvalue weighted by Crippen LogP contribution is 2.36. The van der Waals surface area contributed by atoms with Crippen LogP contribution in [0.15, 0.2) is 0 Å². The summed E-state index contributed by atoms with van der Waals surface area (Å²) in [5, 5.41) is 8.40. The zero-order valence-electron chi connectivity index (χ0n) is 6.33. The molecule has 3 nitrogen and oxygen atoms in total. The summed E-state index contributed by atoms with van der Waals surface area (Å²) in [6.45, 7) is -0.393. The fourth-order valence-corrected chi connectivity index (χ4v) is 3.31. The highest BCUT2D eigenvalue weighted by Gasteiger charge is 2.51. The topological polar surface area (TPSA) is 54.4 Å². The van der Waals surface area contributed by atoms with Crippen LogP contribution >= 0.6 is 0 Å². The number of hydrogen-bond acceptors (Lipinski definition) is 3. The van der Waals surface area contributed by atoms with Gasteiger partial charge >= 0.3 is 0 Å². The van der Waals surface area contributed by atoms with Gasteiger partial charge in [0.2, 0.25) is 0 Å². The fraction of sp³-hybridized carbons (Fsp3) is 1.00. The Morgan fingerprint density at radius 1 is 1.50 bits per heavy atom. The molecule has 0 aromatic carbocycles. The molecule has 72 valence electrons. The Morgan fingerprint density at radius 3 is 2.42 bits per heavy atom. The van der Waals surface area contributed by atoms with Gasteiger partial charge in [-0.2, -0.15) is 0 Å². The van der Waals surface area contributed by atoms with Crippen molar-refractivity contribution in [3.63, 3.8) is 0 Å². The van der Waals surface area contributed by atoms with Crippen molar-refractivity contribution in [1.82, 2.24) is 0 Å². The van der Waals surface area contributed by atoms with Gasteiger partial charge in [0, 0.05) is 12.5 Å². The van der Waals surface area contributed by atoms with Crippen LogP contribution in [-0.4, -0.2) is 37.6 Å². The highest BCUT2D eigenvalue weighted by molar-refractivity contribution is 7.91. The van der Waals surface area contributed by atoms with E-state index in [1.165, 1.54) is 0 Å². The van der Waals surface area contributed by atoms with Crippen molar-refractivity contribution in [2.24, 2.45) is 5.92 Å². The number of alkyl halides is 2. The normalized spacial score (nSPS) is 32.1. The molecule has 1 aliphatic heterocycles. The number of hydrogen-bond donors (Lipinski definition) is 1. The summed E-state index contributed by atoms with van der Waals surface area (Å²) >= 11 is 0. The van der Waals surface area contributed by atoms with E-state index in [0.29, 0.717) is 0 Å². The minimum absolute atomic E-state index is 0.147. The predicted octanol–water partition coefficient (Wildman–Crippen LogP) is 0.0487. The van der Waals surface area contributed by atoms with Crippen LogP contribution in [0, 0.1) is 5.92 Å². The van der Waals surface area contributed by atoms with Gasteiger partial charge in [0.15, 0.2) is 9.84 Å². The Hall–Kier alpha value is -0.230. The molecule has 12 heavy (non-hydrogen) atoms. The van der Waals surface area contributed by atoms with Crippen molar-refractivity contribution in [2.45, 2.75) is 12.3 Å². The summed E-state index contributed by atoms with van der Waals surface area (Å²) in [7, 11) is -3.59. The first kappa shape index (κ1) is 9.85. The second kappa shape index (κ2) is 2.92. The number of aliphatic hydroxyl groups excluding tert-OH is 1. The first-order chi connectivity index (χ1) is 5.37. The van der Waals surface area contributed by atoms with Gasteiger partial charge in [-0.25, -0.2) is 17.2 Å². The molecule has 0 bridgehead atoms. The minimum Gasteiger partial charge on any atom is -0.396 e. The highest BCUT2D eigenvalue weighted by atomic mass is 32.2. The summed E-state index contributed by atoms with van der Waals surface area (Å²) in [5.74, 6) is -5.92. The van der Waals surface area contributed by atoms with Gasteiger partial charge in [0.05, 0.1) is 5.75 Å². The molecule has 0 saturated carbocycles. The quantitative estimate of drug-likeness (QED) is 0.685. The molecule has 1 N–H and O–H groups in total. The van der Waals surface area contributed by atoms with Crippen LogP contribution < -0.4 is 0 Å². The van der Waals surface area contributed by atoms with E-state index in [1.807, 2.05) is 0 Å². The van der Waals surface area contributed by atoms with Crippen LogP contribution in [0.2, 0.25) is 0 Å². The van der Waals surface area contributed by atoms with E-state index in [1.54, 1.807) is 0 Å². The number of rotatable bonds is 2. The average molecular weight is 200 g/mol. The smallest absolute Gasteiger partial charge is 0.265 e. The first-order valence-electron chi connectivity index (χ1n) is 3.56. The van der Waals surface area contributed by atoms with Gasteiger partial charge in [-0.3, -0.25) is 0 Å². The third-order valence-electron chi connectivity index (χ3n) is 1.94. The summed E-state index contributed by atoms with van der Waals surface area (Å²) < 4.78 is 47.1. The Kier molecular flexibility index (Phi) is 2.40. The van der Waals surface area contributed by atoms with Crippen molar-refractivity contribution < 1.29 is 22.3 Å². The molecule has 1 rings (SSSR count). The van der Waals surface area contributed by atoms with Crippen molar-refractivity contribution in [1.29, 1.82) is 0 Å². The lowest BCUT2D eigenvalue weighted by molar-refractivity contribution is -0.0261. The van der Waals surface area contributed by atoms with Crippen molar-refractivity contribution in [3.8, 4) is 0 Å². The number of sulfone groups is 1. The molecule has 0 aromatic rings. The average Bonchev–Trinajstić information content (AvgIpc) is 2.01. The van der Waals surface area contributed by atoms with Gasteiger partial charge in [-0.15, -0.1) is 0 Å². The molecule has 1 fully saturated rings. The van der Waals surface area contributed by atoms with Crippen LogP contribution in [0.5, 0.6) is 0 Å². The maximum absolute atomic E-state index is 12.8. The van der Waals surface area contributed by atoms with E-state index in [-0.39, 0.29) is 6.42 Å². The molecule has 0 amide bonds. The Bertz CT molecular complexity index is 260. The number of aliphatic hydroxyl groups is 1. The second-order valence-corrected chi connectivity index (χ2v) is 5.13. The van der Waals surface area contributed by atoms with E-state index in [0.717, 1.165) is 0 Å². The third kappa shape index (κ3) is 1.92. The summed E-state index contributed by atoms with van der Waals surface area (Å²) in [5.41, 5.74) is 0. The Balaban J connectivity index is 2.78. The molecular weight excluding hydrogens is 190 g/mol. The van der Waals surface area contributed by atoms with E-state index < -0.39 is 39.8 Å². The SMILES string of the molecule is O=S1(=O)CC(CCO)C(F)(F)C1. The van der Waals surface area contributed by atoms with Gasteiger partial charge in [-0.1, -0.05) is 0 Å². The molecule has 0 radical (unpaired) electrons. The first-order valence-corrected chi connectivity index (χ1v) is 5.38. The maximum Gasteiger partial charge on any atom is 0.265 e. The standard InChI is InChI=1S/C6H10F2O3S/c7-6(8)4-12(10,11)3-5(6)1-2-9/h5,9H,1-4H2. The molecule has 0 aromatic heterocycles. The van der Waals surface area contributed by atoms with Gasteiger partial charge < -0.3 is 5.11 Å². The molecule has 6 heteroatoms. The zero-order valence-corrected chi connectivity index (χ0v) is 7.15. The Labute approximate surface area is 69.3 Å². The third-order valence-corrected chi connectivity index (χ3v) is 3.68. The monoisotopic (exact) mass is 200 g/mol.